The fourth-order valence-corrected chi connectivity index (χ4v) is 2.75. The molecule has 0 aromatic carbocycles. The summed E-state index contributed by atoms with van der Waals surface area (Å²) in [4.78, 5) is 14.2. The van der Waals surface area contributed by atoms with E-state index in [0.29, 0.717) is 17.7 Å². The summed E-state index contributed by atoms with van der Waals surface area (Å²) in [6.45, 7) is 4.69. The number of aryl methyl sites for hydroxylation is 1. The van der Waals surface area contributed by atoms with Crippen LogP contribution in [0.3, 0.4) is 0 Å². The normalized spacial score (nSPS) is 28.4. The van der Waals surface area contributed by atoms with Crippen LogP contribution in [-0.4, -0.2) is 36.5 Å². The van der Waals surface area contributed by atoms with Crippen molar-refractivity contribution in [3.63, 3.8) is 0 Å². The number of hydrogen-bond donors (Lipinski definition) is 1. The first kappa shape index (κ1) is 9.90. The van der Waals surface area contributed by atoms with E-state index in [2.05, 4.69) is 5.32 Å². The van der Waals surface area contributed by atoms with Crippen LogP contribution in [0.1, 0.15) is 22.7 Å². The van der Waals surface area contributed by atoms with Crippen molar-refractivity contribution in [2.75, 3.05) is 19.6 Å². The third kappa shape index (κ3) is 1.53. The van der Waals surface area contributed by atoms with Crippen molar-refractivity contribution in [2.24, 2.45) is 5.92 Å². The lowest BCUT2D eigenvalue weighted by Crippen LogP contribution is -2.41. The van der Waals surface area contributed by atoms with Gasteiger partial charge in [-0.2, -0.15) is 0 Å². The average Bonchev–Trinajstić information content (AvgIpc) is 2.83. The Balaban J connectivity index is 1.80. The van der Waals surface area contributed by atoms with E-state index < -0.39 is 0 Å². The Hall–Kier alpha value is -1.29. The Bertz CT molecular complexity index is 413. The summed E-state index contributed by atoms with van der Waals surface area (Å²) in [5.41, 5.74) is 0. The fourth-order valence-electron chi connectivity index (χ4n) is 2.75. The van der Waals surface area contributed by atoms with Crippen molar-refractivity contribution >= 4 is 5.91 Å². The van der Waals surface area contributed by atoms with Gasteiger partial charge in [-0.25, -0.2) is 0 Å². The van der Waals surface area contributed by atoms with E-state index in [1.165, 1.54) is 0 Å². The van der Waals surface area contributed by atoms with Gasteiger partial charge in [-0.15, -0.1) is 0 Å². The van der Waals surface area contributed by atoms with Crippen LogP contribution in [0.25, 0.3) is 0 Å². The minimum absolute atomic E-state index is 0.0456. The molecule has 1 aromatic heterocycles. The SMILES string of the molecule is Cc1ccc(C(=O)N2CC3CNCC2C3)o1. The molecule has 0 radical (unpaired) electrons. The predicted octanol–water partition coefficient (Wildman–Crippen LogP) is 1.02. The van der Waals surface area contributed by atoms with E-state index in [9.17, 15) is 4.79 Å². The van der Waals surface area contributed by atoms with E-state index in [4.69, 9.17) is 4.42 Å². The molecule has 1 N–H and O–H groups in total. The molecule has 2 fully saturated rings. The van der Waals surface area contributed by atoms with Crippen LogP contribution in [0.15, 0.2) is 16.5 Å². The van der Waals surface area contributed by atoms with Crippen molar-refractivity contribution in [1.82, 2.24) is 10.2 Å². The number of fused-ring (bicyclic) bond motifs is 2. The molecule has 2 unspecified atom stereocenters. The van der Waals surface area contributed by atoms with E-state index in [1.807, 2.05) is 17.9 Å². The topological polar surface area (TPSA) is 45.5 Å². The minimum Gasteiger partial charge on any atom is -0.456 e. The highest BCUT2D eigenvalue weighted by Gasteiger charge is 2.38. The molecule has 2 bridgehead atoms. The van der Waals surface area contributed by atoms with Crippen molar-refractivity contribution in [3.05, 3.63) is 23.7 Å². The second-order valence-electron chi connectivity index (χ2n) is 4.78. The largest absolute Gasteiger partial charge is 0.456 e. The molecular weight excluding hydrogens is 204 g/mol. The summed E-state index contributed by atoms with van der Waals surface area (Å²) in [7, 11) is 0. The zero-order valence-corrected chi connectivity index (χ0v) is 9.40. The van der Waals surface area contributed by atoms with Gasteiger partial charge in [0, 0.05) is 19.1 Å². The zero-order valence-electron chi connectivity index (χ0n) is 9.40. The molecule has 0 aliphatic carbocycles. The Morgan fingerprint density at radius 2 is 2.38 bits per heavy atom. The molecule has 2 atom stereocenters. The first-order valence-corrected chi connectivity index (χ1v) is 5.82. The third-order valence-electron chi connectivity index (χ3n) is 3.53. The van der Waals surface area contributed by atoms with Crippen LogP contribution < -0.4 is 5.32 Å². The Labute approximate surface area is 94.6 Å². The summed E-state index contributed by atoms with van der Waals surface area (Å²) in [5, 5.41) is 3.36. The molecular formula is C12H16N2O2. The van der Waals surface area contributed by atoms with Gasteiger partial charge in [0.25, 0.3) is 5.91 Å². The van der Waals surface area contributed by atoms with Gasteiger partial charge < -0.3 is 14.6 Å². The van der Waals surface area contributed by atoms with Crippen molar-refractivity contribution in [1.29, 1.82) is 0 Å². The molecule has 3 rings (SSSR count). The number of amides is 1. The molecule has 1 aromatic rings. The highest BCUT2D eigenvalue weighted by Crippen LogP contribution is 2.27. The number of furan rings is 1. The Morgan fingerprint density at radius 3 is 3.06 bits per heavy atom. The summed E-state index contributed by atoms with van der Waals surface area (Å²) in [6.07, 6.45) is 1.14. The van der Waals surface area contributed by atoms with Crippen LogP contribution in [0, 0.1) is 12.8 Å². The highest BCUT2D eigenvalue weighted by atomic mass is 16.3. The second-order valence-corrected chi connectivity index (χ2v) is 4.78. The van der Waals surface area contributed by atoms with Crippen LogP contribution in [-0.2, 0) is 0 Å². The smallest absolute Gasteiger partial charge is 0.289 e. The number of carbonyl (C=O) groups is 1. The number of hydrogen-bond acceptors (Lipinski definition) is 3. The molecule has 0 saturated carbocycles. The van der Waals surface area contributed by atoms with E-state index in [-0.39, 0.29) is 5.91 Å². The number of piperidine rings is 1. The predicted molar refractivity (Wildman–Crippen MR) is 59.2 cm³/mol. The Kier molecular flexibility index (Phi) is 2.24. The number of nitrogens with zero attached hydrogens (tertiary/aromatic N) is 1. The molecule has 1 amide bonds. The zero-order chi connectivity index (χ0) is 11.1. The third-order valence-corrected chi connectivity index (χ3v) is 3.53. The molecule has 4 nitrogen and oxygen atoms in total. The maximum atomic E-state index is 12.2. The van der Waals surface area contributed by atoms with E-state index in [0.717, 1.165) is 31.8 Å². The van der Waals surface area contributed by atoms with Crippen molar-refractivity contribution in [2.45, 2.75) is 19.4 Å². The van der Waals surface area contributed by atoms with Gasteiger partial charge in [0.15, 0.2) is 5.76 Å². The second kappa shape index (κ2) is 3.63. The quantitative estimate of drug-likeness (QED) is 0.768. The van der Waals surface area contributed by atoms with Crippen LogP contribution >= 0.6 is 0 Å². The lowest BCUT2D eigenvalue weighted by molar-refractivity contribution is 0.0706. The maximum Gasteiger partial charge on any atom is 0.289 e. The molecule has 2 aliphatic rings. The molecule has 0 spiro atoms. The first-order valence-electron chi connectivity index (χ1n) is 5.82. The number of nitrogens with one attached hydrogen (secondary N) is 1. The van der Waals surface area contributed by atoms with Crippen LogP contribution in [0.5, 0.6) is 0 Å². The fraction of sp³-hybridized carbons (Fsp3) is 0.583. The summed E-state index contributed by atoms with van der Waals surface area (Å²) >= 11 is 0. The molecule has 16 heavy (non-hydrogen) atoms. The molecule has 4 heteroatoms. The molecule has 3 heterocycles. The van der Waals surface area contributed by atoms with Gasteiger partial charge in [-0.05, 0) is 37.9 Å². The lowest BCUT2D eigenvalue weighted by atomic mass is 10.0. The van der Waals surface area contributed by atoms with E-state index >= 15 is 0 Å². The molecule has 2 aliphatic heterocycles. The van der Waals surface area contributed by atoms with Crippen LogP contribution in [0.4, 0.5) is 0 Å². The van der Waals surface area contributed by atoms with Crippen molar-refractivity contribution in [3.8, 4) is 0 Å². The summed E-state index contributed by atoms with van der Waals surface area (Å²) in [6, 6.07) is 3.97. The van der Waals surface area contributed by atoms with Gasteiger partial charge in [0.2, 0.25) is 0 Å². The van der Waals surface area contributed by atoms with E-state index in [1.54, 1.807) is 6.07 Å². The monoisotopic (exact) mass is 220 g/mol. The standard InChI is InChI=1S/C12H16N2O2/c1-8-2-3-11(16-8)12(15)14-7-9-4-10(14)6-13-5-9/h2-3,9-10,13H,4-7H2,1H3. The highest BCUT2D eigenvalue weighted by molar-refractivity contribution is 5.92. The number of rotatable bonds is 1. The maximum absolute atomic E-state index is 12.2. The van der Waals surface area contributed by atoms with Gasteiger partial charge in [0.1, 0.15) is 5.76 Å². The van der Waals surface area contributed by atoms with Crippen molar-refractivity contribution < 1.29 is 9.21 Å². The average molecular weight is 220 g/mol. The van der Waals surface area contributed by atoms with Gasteiger partial charge in [-0.3, -0.25) is 4.79 Å². The number of likely N-dealkylation sites (tertiary alicyclic amines) is 1. The van der Waals surface area contributed by atoms with Gasteiger partial charge in [-0.1, -0.05) is 0 Å². The van der Waals surface area contributed by atoms with Gasteiger partial charge >= 0.3 is 0 Å². The number of carbonyl (C=O) groups excluding carboxylic acids is 1. The lowest BCUT2D eigenvalue weighted by Gasteiger charge is -2.24. The minimum atomic E-state index is 0.0456. The summed E-state index contributed by atoms with van der Waals surface area (Å²) < 4.78 is 5.39. The summed E-state index contributed by atoms with van der Waals surface area (Å²) in [5.74, 6) is 1.94. The first-order chi connectivity index (χ1) is 7.74. The Morgan fingerprint density at radius 1 is 1.50 bits per heavy atom. The van der Waals surface area contributed by atoms with Crippen LogP contribution in [0.2, 0.25) is 0 Å². The molecule has 2 saturated heterocycles. The molecule has 86 valence electrons. The van der Waals surface area contributed by atoms with Gasteiger partial charge in [0.05, 0.1) is 0 Å².